The Balaban J connectivity index is 1.69. The number of hydrogen-bond donors (Lipinski definition) is 2. The molecule has 5 nitrogen and oxygen atoms in total. The lowest BCUT2D eigenvalue weighted by Gasteiger charge is -2.27. The third kappa shape index (κ3) is 4.30. The van der Waals surface area contributed by atoms with Crippen LogP contribution in [0.15, 0.2) is 36.4 Å². The van der Waals surface area contributed by atoms with Crippen molar-refractivity contribution in [2.45, 2.75) is 38.8 Å². The highest BCUT2D eigenvalue weighted by atomic mass is 16.3. The van der Waals surface area contributed by atoms with E-state index in [1.807, 2.05) is 43.3 Å². The molecule has 1 aliphatic rings. The zero-order valence-electron chi connectivity index (χ0n) is 14.3. The predicted molar refractivity (Wildman–Crippen MR) is 95.9 cm³/mol. The summed E-state index contributed by atoms with van der Waals surface area (Å²) in [6.07, 6.45) is 3.73. The highest BCUT2D eigenvalue weighted by molar-refractivity contribution is 5.33. The van der Waals surface area contributed by atoms with Crippen LogP contribution >= 0.6 is 0 Å². The Hall–Kier alpha value is -1.98. The van der Waals surface area contributed by atoms with E-state index in [4.69, 9.17) is 4.98 Å². The molecule has 1 aromatic heterocycles. The first-order chi connectivity index (χ1) is 11.8. The van der Waals surface area contributed by atoms with Gasteiger partial charge in [-0.25, -0.2) is 9.97 Å². The second-order valence-corrected chi connectivity index (χ2v) is 6.38. The summed E-state index contributed by atoms with van der Waals surface area (Å²) in [5.74, 6) is 0.840. The molecule has 1 aromatic carbocycles. The molecular weight excluding hydrogens is 300 g/mol. The van der Waals surface area contributed by atoms with Crippen LogP contribution in [0.5, 0.6) is 0 Å². The van der Waals surface area contributed by atoms with E-state index in [2.05, 4.69) is 15.2 Å². The fourth-order valence-corrected chi connectivity index (χ4v) is 3.14. The van der Waals surface area contributed by atoms with Crippen molar-refractivity contribution in [3.8, 4) is 0 Å². The molecule has 2 N–H and O–H groups in total. The van der Waals surface area contributed by atoms with Crippen molar-refractivity contribution >= 4 is 5.95 Å². The number of aliphatic hydroxyl groups excluding tert-OH is 1. The molecule has 0 radical (unpaired) electrons. The molecule has 2 heterocycles. The van der Waals surface area contributed by atoms with Gasteiger partial charge in [-0.3, -0.25) is 0 Å². The highest BCUT2D eigenvalue weighted by Crippen LogP contribution is 2.17. The van der Waals surface area contributed by atoms with Crippen LogP contribution in [0.3, 0.4) is 0 Å². The summed E-state index contributed by atoms with van der Waals surface area (Å²) in [5.41, 5.74) is 3.04. The molecule has 0 bridgehead atoms. The maximum Gasteiger partial charge on any atom is 0.225 e. The molecule has 1 aliphatic heterocycles. The maximum atomic E-state index is 9.67. The Bertz CT molecular complexity index is 641. The quantitative estimate of drug-likeness (QED) is 0.854. The molecule has 0 spiro atoms. The summed E-state index contributed by atoms with van der Waals surface area (Å²) >= 11 is 0. The average Bonchev–Trinajstić information content (AvgIpc) is 2.63. The Morgan fingerprint density at radius 1 is 1.12 bits per heavy atom. The van der Waals surface area contributed by atoms with Gasteiger partial charge in [0, 0.05) is 25.3 Å². The number of aryl methyl sites for hydroxylation is 1. The monoisotopic (exact) mass is 326 g/mol. The van der Waals surface area contributed by atoms with E-state index >= 15 is 0 Å². The third-order valence-electron chi connectivity index (χ3n) is 4.45. The van der Waals surface area contributed by atoms with Gasteiger partial charge in [0.2, 0.25) is 5.95 Å². The van der Waals surface area contributed by atoms with Crippen LogP contribution in [0.4, 0.5) is 5.95 Å². The number of anilines is 1. The van der Waals surface area contributed by atoms with Crippen molar-refractivity contribution in [1.29, 1.82) is 0 Å². The van der Waals surface area contributed by atoms with E-state index in [0.717, 1.165) is 36.0 Å². The van der Waals surface area contributed by atoms with Crippen molar-refractivity contribution in [3.05, 3.63) is 53.3 Å². The van der Waals surface area contributed by atoms with Crippen molar-refractivity contribution in [2.24, 2.45) is 0 Å². The summed E-state index contributed by atoms with van der Waals surface area (Å²) < 4.78 is 0. The van der Waals surface area contributed by atoms with Crippen LogP contribution in [0, 0.1) is 6.92 Å². The smallest absolute Gasteiger partial charge is 0.225 e. The number of rotatable bonds is 6. The standard InChI is InChI=1S/C19H26N4O/c1-15-12-17(22-19(21-15)23-10-6-3-7-11-23)13-20-18(14-24)16-8-4-2-5-9-16/h2,4-5,8-9,12,18,20,24H,3,6-7,10-11,13-14H2,1H3. The molecule has 1 unspecified atom stereocenters. The molecule has 0 aliphatic carbocycles. The maximum absolute atomic E-state index is 9.67. The van der Waals surface area contributed by atoms with Crippen LogP contribution in [-0.2, 0) is 6.54 Å². The van der Waals surface area contributed by atoms with Gasteiger partial charge in [-0.15, -0.1) is 0 Å². The van der Waals surface area contributed by atoms with Crippen molar-refractivity contribution in [1.82, 2.24) is 15.3 Å². The van der Waals surface area contributed by atoms with Gasteiger partial charge in [0.1, 0.15) is 0 Å². The van der Waals surface area contributed by atoms with Crippen molar-refractivity contribution in [2.75, 3.05) is 24.6 Å². The Labute approximate surface area is 143 Å². The lowest BCUT2D eigenvalue weighted by Crippen LogP contribution is -2.32. The number of piperidine rings is 1. The van der Waals surface area contributed by atoms with E-state index in [0.29, 0.717) is 6.54 Å². The molecule has 1 atom stereocenters. The van der Waals surface area contributed by atoms with E-state index in [9.17, 15) is 5.11 Å². The zero-order chi connectivity index (χ0) is 16.8. The Kier molecular flexibility index (Phi) is 5.77. The lowest BCUT2D eigenvalue weighted by atomic mass is 10.1. The number of aromatic nitrogens is 2. The molecule has 1 fully saturated rings. The largest absolute Gasteiger partial charge is 0.394 e. The van der Waals surface area contributed by atoms with E-state index < -0.39 is 0 Å². The first-order valence-electron chi connectivity index (χ1n) is 8.75. The van der Waals surface area contributed by atoms with Gasteiger partial charge < -0.3 is 15.3 Å². The van der Waals surface area contributed by atoms with Gasteiger partial charge in [-0.1, -0.05) is 30.3 Å². The predicted octanol–water partition coefficient (Wildman–Crippen LogP) is 2.60. The van der Waals surface area contributed by atoms with Crippen molar-refractivity contribution < 1.29 is 5.11 Å². The van der Waals surface area contributed by atoms with Crippen LogP contribution < -0.4 is 10.2 Å². The summed E-state index contributed by atoms with van der Waals surface area (Å²) in [6, 6.07) is 11.9. The minimum Gasteiger partial charge on any atom is -0.394 e. The molecule has 1 saturated heterocycles. The summed E-state index contributed by atoms with van der Waals surface area (Å²) in [5, 5.41) is 13.1. The van der Waals surface area contributed by atoms with Crippen LogP contribution in [-0.4, -0.2) is 34.8 Å². The first kappa shape index (κ1) is 16.9. The second kappa shape index (κ2) is 8.22. The van der Waals surface area contributed by atoms with E-state index in [1.54, 1.807) is 0 Å². The lowest BCUT2D eigenvalue weighted by molar-refractivity contribution is 0.243. The number of aliphatic hydroxyl groups is 1. The van der Waals surface area contributed by atoms with Gasteiger partial charge in [-0.05, 0) is 37.8 Å². The highest BCUT2D eigenvalue weighted by Gasteiger charge is 2.15. The van der Waals surface area contributed by atoms with E-state index in [-0.39, 0.29) is 12.6 Å². The molecule has 128 valence electrons. The molecular formula is C19H26N4O. The van der Waals surface area contributed by atoms with Gasteiger partial charge >= 0.3 is 0 Å². The fraction of sp³-hybridized carbons (Fsp3) is 0.474. The minimum absolute atomic E-state index is 0.0626. The first-order valence-corrected chi connectivity index (χ1v) is 8.75. The number of benzene rings is 1. The van der Waals surface area contributed by atoms with Gasteiger partial charge in [0.15, 0.2) is 0 Å². The molecule has 0 amide bonds. The second-order valence-electron chi connectivity index (χ2n) is 6.38. The summed E-state index contributed by atoms with van der Waals surface area (Å²) in [7, 11) is 0. The van der Waals surface area contributed by atoms with Crippen LogP contribution in [0.1, 0.15) is 42.3 Å². The van der Waals surface area contributed by atoms with Gasteiger partial charge in [0.25, 0.3) is 0 Å². The SMILES string of the molecule is Cc1cc(CNC(CO)c2ccccc2)nc(N2CCCCC2)n1. The van der Waals surface area contributed by atoms with Gasteiger partial charge in [-0.2, -0.15) is 0 Å². The van der Waals surface area contributed by atoms with Gasteiger partial charge in [0.05, 0.1) is 18.3 Å². The van der Waals surface area contributed by atoms with Crippen LogP contribution in [0.2, 0.25) is 0 Å². The van der Waals surface area contributed by atoms with E-state index in [1.165, 1.54) is 19.3 Å². The topological polar surface area (TPSA) is 61.3 Å². The number of nitrogens with zero attached hydrogens (tertiary/aromatic N) is 3. The number of nitrogens with one attached hydrogen (secondary N) is 1. The minimum atomic E-state index is -0.0834. The normalized spacial score (nSPS) is 16.2. The molecule has 0 saturated carbocycles. The number of hydrogen-bond acceptors (Lipinski definition) is 5. The van der Waals surface area contributed by atoms with Crippen molar-refractivity contribution in [3.63, 3.8) is 0 Å². The van der Waals surface area contributed by atoms with Crippen LogP contribution in [0.25, 0.3) is 0 Å². The average molecular weight is 326 g/mol. The molecule has 2 aromatic rings. The fourth-order valence-electron chi connectivity index (χ4n) is 3.14. The summed E-state index contributed by atoms with van der Waals surface area (Å²) in [4.78, 5) is 11.6. The Morgan fingerprint density at radius 2 is 1.88 bits per heavy atom. The molecule has 24 heavy (non-hydrogen) atoms. The Morgan fingerprint density at radius 3 is 2.58 bits per heavy atom. The summed E-state index contributed by atoms with van der Waals surface area (Å²) in [6.45, 7) is 4.77. The molecule has 3 rings (SSSR count). The molecule has 5 heteroatoms. The third-order valence-corrected chi connectivity index (χ3v) is 4.45. The zero-order valence-corrected chi connectivity index (χ0v) is 14.3.